The quantitative estimate of drug-likeness (QED) is 0.0167. The number of esters is 2. The molecule has 3 atom stereocenters. The first-order valence-corrected chi connectivity index (χ1v) is 20.8. The van der Waals surface area contributed by atoms with Crippen molar-refractivity contribution in [3.05, 3.63) is 72.9 Å². The van der Waals surface area contributed by atoms with E-state index in [1.165, 1.54) is 44.9 Å². The lowest BCUT2D eigenvalue weighted by atomic mass is 10.0. The van der Waals surface area contributed by atoms with Gasteiger partial charge in [-0.2, -0.15) is 0 Å². The van der Waals surface area contributed by atoms with E-state index in [1.54, 1.807) is 36.5 Å². The van der Waals surface area contributed by atoms with E-state index in [4.69, 9.17) is 19.3 Å². The van der Waals surface area contributed by atoms with Gasteiger partial charge in [0.1, 0.15) is 6.61 Å². The number of allylic oxidation sites excluding steroid dienone is 8. The fraction of sp³-hybridized carbons (Fsp3) is 0.659. The molecule has 0 aliphatic rings. The third-order valence-corrected chi connectivity index (χ3v) is 8.33. The van der Waals surface area contributed by atoms with Crippen LogP contribution in [0.5, 0.6) is 0 Å². The molecule has 0 spiro atoms. The highest BCUT2D eigenvalue weighted by molar-refractivity contribution is 7.46. The van der Waals surface area contributed by atoms with Crippen LogP contribution in [0.1, 0.15) is 136 Å². The van der Waals surface area contributed by atoms with E-state index in [9.17, 15) is 24.4 Å². The zero-order valence-corrected chi connectivity index (χ0v) is 33.0. The zero-order chi connectivity index (χ0) is 38.7. The van der Waals surface area contributed by atoms with E-state index >= 15 is 0 Å². The number of phosphoric ester groups is 1. The Hall–Kier alpha value is -2.59. The van der Waals surface area contributed by atoms with Crippen molar-refractivity contribution in [3.63, 3.8) is 0 Å². The van der Waals surface area contributed by atoms with E-state index in [2.05, 4.69) is 18.4 Å². The van der Waals surface area contributed by atoms with Gasteiger partial charge in [-0.25, -0.2) is 4.57 Å². The maximum absolute atomic E-state index is 12.3. The first-order valence-electron chi connectivity index (χ1n) is 19.3. The Bertz CT molecular complexity index is 1120. The van der Waals surface area contributed by atoms with Gasteiger partial charge in [0.15, 0.2) is 6.10 Å². The summed E-state index contributed by atoms with van der Waals surface area (Å²) in [6.07, 6.45) is 35.7. The second-order valence-corrected chi connectivity index (χ2v) is 14.6. The number of ether oxygens (including phenoxy) is 2. The van der Waals surface area contributed by atoms with Gasteiger partial charge in [0.05, 0.1) is 18.8 Å². The second-order valence-electron chi connectivity index (χ2n) is 13.4. The van der Waals surface area contributed by atoms with Gasteiger partial charge in [-0.3, -0.25) is 14.1 Å². The third-order valence-electron chi connectivity index (χ3n) is 7.85. The zero-order valence-electron chi connectivity index (χ0n) is 32.1. The maximum atomic E-state index is 12.3. The molecule has 0 saturated carbocycles. The van der Waals surface area contributed by atoms with Crippen molar-refractivity contribution in [2.45, 2.75) is 155 Å². The molecule has 0 aliphatic carbocycles. The van der Waals surface area contributed by atoms with Gasteiger partial charge in [-0.15, -0.1) is 0 Å². The van der Waals surface area contributed by atoms with Crippen LogP contribution in [0.3, 0.4) is 0 Å². The molecule has 4 N–H and O–H groups in total. The summed E-state index contributed by atoms with van der Waals surface area (Å²) in [4.78, 5) is 42.7. The molecule has 0 aliphatic heterocycles. The van der Waals surface area contributed by atoms with Crippen LogP contribution in [0.15, 0.2) is 72.9 Å². The molecule has 0 fully saturated rings. The highest BCUT2D eigenvalue weighted by Gasteiger charge is 2.22. The van der Waals surface area contributed by atoms with Crippen LogP contribution in [-0.2, 0) is 28.2 Å². The minimum Gasteiger partial charge on any atom is -0.462 e. The minimum atomic E-state index is -4.80. The van der Waals surface area contributed by atoms with Crippen LogP contribution in [0.2, 0.25) is 0 Å². The highest BCUT2D eigenvalue weighted by atomic mass is 31.2. The fourth-order valence-electron chi connectivity index (χ4n) is 4.93. The number of aliphatic hydroxyl groups is 2. The Balaban J connectivity index is 4.25. The molecule has 52 heavy (non-hydrogen) atoms. The number of rotatable bonds is 33. The highest BCUT2D eigenvalue weighted by Crippen LogP contribution is 2.36. The molecular weight excluding hydrogens is 683 g/mol. The second kappa shape index (κ2) is 34.2. The van der Waals surface area contributed by atoms with E-state index in [0.29, 0.717) is 32.1 Å². The molecule has 0 radical (unpaired) electrons. The Kier molecular flexibility index (Phi) is 32.5. The summed E-state index contributed by atoms with van der Waals surface area (Å²) >= 11 is 0. The first kappa shape index (κ1) is 49.4. The van der Waals surface area contributed by atoms with Crippen molar-refractivity contribution in [3.8, 4) is 0 Å². The lowest BCUT2D eigenvalue weighted by molar-refractivity contribution is -0.161. The molecule has 0 rings (SSSR count). The van der Waals surface area contributed by atoms with Crippen molar-refractivity contribution in [1.82, 2.24) is 0 Å². The number of unbranched alkanes of at least 4 members (excludes halogenated alkanes) is 9. The van der Waals surface area contributed by atoms with Crippen molar-refractivity contribution in [2.75, 3.05) is 13.2 Å². The predicted molar refractivity (Wildman–Crippen MR) is 209 cm³/mol. The molecular formula is C41H69O10P. The molecule has 0 bridgehead atoms. The van der Waals surface area contributed by atoms with Gasteiger partial charge in [0, 0.05) is 12.8 Å². The van der Waals surface area contributed by atoms with Gasteiger partial charge >= 0.3 is 19.8 Å². The van der Waals surface area contributed by atoms with Gasteiger partial charge in [-0.05, 0) is 44.4 Å². The summed E-state index contributed by atoms with van der Waals surface area (Å²) in [5.74, 6) is -0.273. The summed E-state index contributed by atoms with van der Waals surface area (Å²) in [5, 5.41) is 19.9. The van der Waals surface area contributed by atoms with Crippen molar-refractivity contribution in [1.29, 1.82) is 0 Å². The number of hydrogen-bond donors (Lipinski definition) is 4. The Morgan fingerprint density at radius 1 is 0.654 bits per heavy atom. The first-order chi connectivity index (χ1) is 24.9. The number of phosphoric acid groups is 1. The molecule has 0 aromatic carbocycles. The summed E-state index contributed by atoms with van der Waals surface area (Å²) < 4.78 is 26.2. The molecule has 0 aromatic rings. The summed E-state index contributed by atoms with van der Waals surface area (Å²) in [5.41, 5.74) is 0. The molecule has 0 heterocycles. The van der Waals surface area contributed by atoms with Crippen molar-refractivity contribution in [2.24, 2.45) is 5.92 Å². The fourth-order valence-corrected chi connectivity index (χ4v) is 5.29. The van der Waals surface area contributed by atoms with Crippen LogP contribution in [0.25, 0.3) is 0 Å². The Labute approximate surface area is 314 Å². The molecule has 298 valence electrons. The number of carbonyl (C=O) groups is 2. The van der Waals surface area contributed by atoms with Gasteiger partial charge < -0.3 is 29.5 Å². The number of hydrogen-bond acceptors (Lipinski definition) is 8. The largest absolute Gasteiger partial charge is 0.469 e. The SMILES string of the molecule is CC/C=C\C[C@H](O)/C=C/C=C\C=C\[C@H](O)C/C=C\C/C=C\CCC(=O)O[C@H](COC(=O)CCCCCCCCCCCCC(C)C)COP(=O)(O)O. The molecule has 11 heteroatoms. The average Bonchev–Trinajstić information content (AvgIpc) is 3.08. The Morgan fingerprint density at radius 2 is 1.19 bits per heavy atom. The van der Waals surface area contributed by atoms with Crippen LogP contribution >= 0.6 is 7.82 Å². The van der Waals surface area contributed by atoms with Crippen LogP contribution in [-0.4, -0.2) is 63.5 Å². The van der Waals surface area contributed by atoms with E-state index < -0.39 is 44.7 Å². The van der Waals surface area contributed by atoms with E-state index in [0.717, 1.165) is 31.6 Å². The molecule has 0 saturated heterocycles. The van der Waals surface area contributed by atoms with Crippen molar-refractivity contribution < 1.29 is 48.2 Å². The summed E-state index contributed by atoms with van der Waals surface area (Å²) in [7, 11) is -4.80. The predicted octanol–water partition coefficient (Wildman–Crippen LogP) is 9.31. The van der Waals surface area contributed by atoms with E-state index in [-0.39, 0.29) is 19.4 Å². The minimum absolute atomic E-state index is 0.0276. The number of aliphatic hydroxyl groups excluding tert-OH is 2. The monoisotopic (exact) mass is 752 g/mol. The van der Waals surface area contributed by atoms with Gasteiger partial charge in [0.2, 0.25) is 0 Å². The normalized spacial score (nSPS) is 14.6. The maximum Gasteiger partial charge on any atom is 0.469 e. The lowest BCUT2D eigenvalue weighted by Crippen LogP contribution is -2.29. The van der Waals surface area contributed by atoms with Crippen LogP contribution < -0.4 is 0 Å². The van der Waals surface area contributed by atoms with Gasteiger partial charge in [-0.1, -0.05) is 158 Å². The lowest BCUT2D eigenvalue weighted by Gasteiger charge is -2.18. The smallest absolute Gasteiger partial charge is 0.462 e. The number of carbonyl (C=O) groups excluding carboxylic acids is 2. The average molecular weight is 753 g/mol. The molecule has 10 nitrogen and oxygen atoms in total. The van der Waals surface area contributed by atoms with E-state index in [1.807, 2.05) is 43.4 Å². The van der Waals surface area contributed by atoms with Crippen LogP contribution in [0, 0.1) is 5.92 Å². The molecule has 0 amide bonds. The molecule has 0 unspecified atom stereocenters. The summed E-state index contributed by atoms with van der Waals surface area (Å²) in [6.45, 7) is 5.63. The summed E-state index contributed by atoms with van der Waals surface area (Å²) in [6, 6.07) is 0. The standard InChI is InChI=1S/C41H69O10P/c1-4-5-20-28-37(42)30-23-18-19-24-31-38(43)29-22-15-12-13-17-26-33-41(45)51-39(35-50-52(46,47)48)34-49-40(44)32-25-16-11-9-7-6-8-10-14-21-27-36(2)3/h5,13,15,17-20,22-24,30-31,36-39,42-43H,4,6-12,14,16,21,25-29,32-35H2,1-3H3,(H2,46,47,48)/b17-13-,19-18-,20-5-,22-15-,30-23+,31-24+/t37-,38+,39+/m0/s1. The molecule has 0 aromatic heterocycles. The van der Waals surface area contributed by atoms with Crippen LogP contribution in [0.4, 0.5) is 0 Å². The van der Waals surface area contributed by atoms with Gasteiger partial charge in [0.25, 0.3) is 0 Å². The Morgan fingerprint density at radius 3 is 1.75 bits per heavy atom. The third kappa shape index (κ3) is 37.2. The van der Waals surface area contributed by atoms with Crippen molar-refractivity contribution >= 4 is 19.8 Å². The topological polar surface area (TPSA) is 160 Å².